The van der Waals surface area contributed by atoms with Crippen molar-refractivity contribution in [3.8, 4) is 0 Å². The Hall–Kier alpha value is -0.950. The highest BCUT2D eigenvalue weighted by atomic mass is 35.5. The molecule has 1 aromatic rings. The van der Waals surface area contributed by atoms with E-state index in [1.807, 2.05) is 18.4 Å². The summed E-state index contributed by atoms with van der Waals surface area (Å²) in [5.74, 6) is 0.632. The van der Waals surface area contributed by atoms with E-state index >= 15 is 0 Å². The zero-order chi connectivity index (χ0) is 11.4. The van der Waals surface area contributed by atoms with Gasteiger partial charge in [-0.3, -0.25) is 0 Å². The molecule has 0 bridgehead atoms. The van der Waals surface area contributed by atoms with Gasteiger partial charge < -0.3 is 4.74 Å². The quantitative estimate of drug-likeness (QED) is 0.686. The van der Waals surface area contributed by atoms with Crippen molar-refractivity contribution in [2.75, 3.05) is 7.11 Å². The number of hydrogen-bond acceptors (Lipinski definition) is 1. The van der Waals surface area contributed by atoms with Gasteiger partial charge in [0.05, 0.1) is 13.4 Å². The number of ether oxygens (including phenoxy) is 1. The molecule has 0 radical (unpaired) electrons. The van der Waals surface area contributed by atoms with Crippen LogP contribution in [0.3, 0.4) is 0 Å². The molecular weight excluding hydrogens is 220 g/mol. The lowest BCUT2D eigenvalue weighted by molar-refractivity contribution is 0.326. The van der Waals surface area contributed by atoms with E-state index in [4.69, 9.17) is 16.3 Å². The number of methoxy groups -OCH3 is 1. The van der Waals surface area contributed by atoms with Gasteiger partial charge in [-0.2, -0.15) is 0 Å². The molecule has 86 valence electrons. The van der Waals surface area contributed by atoms with Gasteiger partial charge in [0.2, 0.25) is 0 Å². The lowest BCUT2D eigenvalue weighted by Gasteiger charge is -2.24. The Morgan fingerprint density at radius 1 is 1.31 bits per heavy atom. The van der Waals surface area contributed by atoms with Crippen LogP contribution in [0.2, 0.25) is 5.02 Å². The van der Waals surface area contributed by atoms with Crippen molar-refractivity contribution in [3.05, 3.63) is 46.7 Å². The zero-order valence-electron chi connectivity index (χ0n) is 9.58. The summed E-state index contributed by atoms with van der Waals surface area (Å²) in [6, 6.07) is 8.24. The van der Waals surface area contributed by atoms with Crippen LogP contribution < -0.4 is 0 Å². The van der Waals surface area contributed by atoms with Crippen molar-refractivity contribution >= 4 is 11.6 Å². The SMILES string of the molecule is CO/C=C1/CCCC(c2ccc(Cl)cc2)C1. The Labute approximate surface area is 102 Å². The second-order valence-corrected chi connectivity index (χ2v) is 4.79. The molecule has 1 atom stereocenters. The Kier molecular flexibility index (Phi) is 3.89. The molecule has 1 nitrogen and oxygen atoms in total. The van der Waals surface area contributed by atoms with Gasteiger partial charge >= 0.3 is 0 Å². The molecule has 2 rings (SSSR count). The highest BCUT2D eigenvalue weighted by Gasteiger charge is 2.18. The van der Waals surface area contributed by atoms with Gasteiger partial charge in [0.15, 0.2) is 0 Å². The summed E-state index contributed by atoms with van der Waals surface area (Å²) in [7, 11) is 1.72. The van der Waals surface area contributed by atoms with Crippen molar-refractivity contribution in [1.29, 1.82) is 0 Å². The molecule has 1 aromatic carbocycles. The first kappa shape index (κ1) is 11.5. The smallest absolute Gasteiger partial charge is 0.0816 e. The first-order chi connectivity index (χ1) is 7.79. The predicted octanol–water partition coefficient (Wildman–Crippen LogP) is 4.53. The summed E-state index contributed by atoms with van der Waals surface area (Å²) in [5, 5.41) is 0.812. The van der Waals surface area contributed by atoms with E-state index in [9.17, 15) is 0 Å². The highest BCUT2D eigenvalue weighted by Crippen LogP contribution is 2.36. The summed E-state index contributed by atoms with van der Waals surface area (Å²) in [6.45, 7) is 0. The molecule has 0 aromatic heterocycles. The molecule has 0 N–H and O–H groups in total. The highest BCUT2D eigenvalue weighted by molar-refractivity contribution is 6.30. The molecule has 1 aliphatic carbocycles. The van der Waals surface area contributed by atoms with Gasteiger partial charge in [0.25, 0.3) is 0 Å². The Balaban J connectivity index is 2.09. The molecule has 1 saturated carbocycles. The Morgan fingerprint density at radius 2 is 2.06 bits per heavy atom. The lowest BCUT2D eigenvalue weighted by atomic mass is 9.82. The standard InChI is InChI=1S/C14H17ClO/c1-16-10-11-3-2-4-13(9-11)12-5-7-14(15)8-6-12/h5-8,10,13H,2-4,9H2,1H3/b11-10-. The maximum atomic E-state index is 5.90. The van der Waals surface area contributed by atoms with Crippen molar-refractivity contribution in [3.63, 3.8) is 0 Å². The van der Waals surface area contributed by atoms with E-state index in [1.54, 1.807) is 7.11 Å². The fraction of sp³-hybridized carbons (Fsp3) is 0.429. The number of hydrogen-bond donors (Lipinski definition) is 0. The van der Waals surface area contributed by atoms with E-state index in [0.717, 1.165) is 11.4 Å². The van der Waals surface area contributed by atoms with Crippen LogP contribution in [-0.4, -0.2) is 7.11 Å². The monoisotopic (exact) mass is 236 g/mol. The van der Waals surface area contributed by atoms with Gasteiger partial charge in [0, 0.05) is 5.02 Å². The maximum Gasteiger partial charge on any atom is 0.0816 e. The van der Waals surface area contributed by atoms with Crippen molar-refractivity contribution in [1.82, 2.24) is 0 Å². The minimum Gasteiger partial charge on any atom is -0.504 e. The number of allylic oxidation sites excluding steroid dienone is 1. The molecule has 0 amide bonds. The summed E-state index contributed by atoms with van der Waals surface area (Å²) in [5.41, 5.74) is 2.82. The van der Waals surface area contributed by atoms with Gasteiger partial charge in [-0.05, 0) is 54.9 Å². The van der Waals surface area contributed by atoms with Gasteiger partial charge in [-0.15, -0.1) is 0 Å². The van der Waals surface area contributed by atoms with Crippen molar-refractivity contribution in [2.24, 2.45) is 0 Å². The third kappa shape index (κ3) is 2.79. The Morgan fingerprint density at radius 3 is 2.75 bits per heavy atom. The molecule has 0 spiro atoms. The van der Waals surface area contributed by atoms with Crippen molar-refractivity contribution < 1.29 is 4.74 Å². The first-order valence-electron chi connectivity index (χ1n) is 5.76. The minimum absolute atomic E-state index is 0.632. The maximum absolute atomic E-state index is 5.90. The van der Waals surface area contributed by atoms with Crippen LogP contribution in [0.1, 0.15) is 37.2 Å². The number of rotatable bonds is 2. The minimum atomic E-state index is 0.632. The van der Waals surface area contributed by atoms with Gasteiger partial charge in [-0.25, -0.2) is 0 Å². The van der Waals surface area contributed by atoms with Crippen LogP contribution in [0.5, 0.6) is 0 Å². The van der Waals surface area contributed by atoms with Crippen molar-refractivity contribution in [2.45, 2.75) is 31.6 Å². The van der Waals surface area contributed by atoms with E-state index in [0.29, 0.717) is 5.92 Å². The van der Waals surface area contributed by atoms with E-state index in [-0.39, 0.29) is 0 Å². The van der Waals surface area contributed by atoms with Crippen LogP contribution in [-0.2, 0) is 4.74 Å². The summed E-state index contributed by atoms with van der Waals surface area (Å²) < 4.78 is 5.10. The van der Waals surface area contributed by atoms with Gasteiger partial charge in [-0.1, -0.05) is 23.7 Å². The van der Waals surface area contributed by atoms with E-state index in [1.165, 1.54) is 30.4 Å². The predicted molar refractivity (Wildman–Crippen MR) is 67.8 cm³/mol. The molecule has 0 heterocycles. The topological polar surface area (TPSA) is 9.23 Å². The number of benzene rings is 1. The van der Waals surface area contributed by atoms with Crippen LogP contribution in [0.25, 0.3) is 0 Å². The fourth-order valence-corrected chi connectivity index (χ4v) is 2.52. The van der Waals surface area contributed by atoms with E-state index < -0.39 is 0 Å². The average molecular weight is 237 g/mol. The normalized spacial score (nSPS) is 23.4. The summed E-state index contributed by atoms with van der Waals surface area (Å²) in [4.78, 5) is 0. The summed E-state index contributed by atoms with van der Waals surface area (Å²) >= 11 is 5.90. The molecule has 1 fully saturated rings. The molecule has 16 heavy (non-hydrogen) atoms. The molecular formula is C14H17ClO. The van der Waals surface area contributed by atoms with Crippen LogP contribution in [0, 0.1) is 0 Å². The van der Waals surface area contributed by atoms with Crippen LogP contribution in [0.15, 0.2) is 36.1 Å². The third-order valence-electron chi connectivity index (χ3n) is 3.18. The average Bonchev–Trinajstić information content (AvgIpc) is 2.31. The fourth-order valence-electron chi connectivity index (χ4n) is 2.39. The molecule has 1 aliphatic rings. The lowest BCUT2D eigenvalue weighted by Crippen LogP contribution is -2.07. The molecule has 0 aliphatic heterocycles. The van der Waals surface area contributed by atoms with Crippen LogP contribution >= 0.6 is 11.6 Å². The zero-order valence-corrected chi connectivity index (χ0v) is 10.3. The molecule has 2 heteroatoms. The van der Waals surface area contributed by atoms with Gasteiger partial charge in [0.1, 0.15) is 0 Å². The molecule has 0 saturated heterocycles. The van der Waals surface area contributed by atoms with Crippen LogP contribution in [0.4, 0.5) is 0 Å². The Bertz CT molecular complexity index is 367. The largest absolute Gasteiger partial charge is 0.504 e. The number of halogens is 1. The van der Waals surface area contributed by atoms with E-state index in [2.05, 4.69) is 12.1 Å². The summed E-state index contributed by atoms with van der Waals surface area (Å²) in [6.07, 6.45) is 6.72. The second-order valence-electron chi connectivity index (χ2n) is 4.36. The molecule has 1 unspecified atom stereocenters. The third-order valence-corrected chi connectivity index (χ3v) is 3.44. The second kappa shape index (κ2) is 5.40. The first-order valence-corrected chi connectivity index (χ1v) is 6.13.